The predicted octanol–water partition coefficient (Wildman–Crippen LogP) is 7.13. The van der Waals surface area contributed by atoms with E-state index in [-0.39, 0.29) is 29.1 Å². The van der Waals surface area contributed by atoms with Gasteiger partial charge in [0.2, 0.25) is 0 Å². The summed E-state index contributed by atoms with van der Waals surface area (Å²) in [4.78, 5) is 28.2. The first kappa shape index (κ1) is 35.7. The Hall–Kier alpha value is -3.79. The van der Waals surface area contributed by atoms with Crippen LogP contribution in [0.5, 0.6) is 17.2 Å². The van der Waals surface area contributed by atoms with E-state index < -0.39 is 5.41 Å². The summed E-state index contributed by atoms with van der Waals surface area (Å²) in [5.41, 5.74) is 2.91. The molecule has 2 heterocycles. The average molecular weight is 657 g/mol. The molecule has 2 aromatic heterocycles. The highest BCUT2D eigenvalue weighted by Crippen LogP contribution is 2.36. The van der Waals surface area contributed by atoms with Crippen molar-refractivity contribution in [3.05, 3.63) is 77.3 Å². The number of hydrogen-bond acceptors (Lipinski definition) is 7. The number of amides is 1. The number of aromatic nitrogens is 3. The molecule has 0 atom stereocenters. The number of hydrogen-bond donors (Lipinski definition) is 3. The molecule has 2 aromatic carbocycles. The number of benzene rings is 2. The van der Waals surface area contributed by atoms with Gasteiger partial charge in [0.25, 0.3) is 5.91 Å². The van der Waals surface area contributed by atoms with E-state index in [0.717, 1.165) is 17.8 Å². The van der Waals surface area contributed by atoms with E-state index in [1.54, 1.807) is 49.8 Å². The number of nitrogens with zero attached hydrogens (tertiary/aromatic N) is 3. The van der Waals surface area contributed by atoms with E-state index in [1.165, 1.54) is 0 Å². The first-order valence-electron chi connectivity index (χ1n) is 14.8. The zero-order valence-corrected chi connectivity index (χ0v) is 28.4. The lowest BCUT2D eigenvalue weighted by atomic mass is 9.92. The number of carbonyl (C=O) groups excluding carboxylic acids is 1. The second kappa shape index (κ2) is 15.5. The number of aromatic hydroxyl groups is 1. The minimum absolute atomic E-state index is 0. The van der Waals surface area contributed by atoms with E-state index in [0.29, 0.717) is 59.4 Å². The molecular weight excluding hydrogens is 613 g/mol. The summed E-state index contributed by atoms with van der Waals surface area (Å²) in [5.74, 6) is 1.51. The van der Waals surface area contributed by atoms with Crippen molar-refractivity contribution in [3.63, 3.8) is 0 Å². The number of rotatable bonds is 13. The molecule has 1 amide bonds. The van der Waals surface area contributed by atoms with E-state index in [1.807, 2.05) is 32.0 Å². The standard InChI is InChI=1S/C34H42ClN5O4.ClH/c1-21(2)40(22(3)4)16-17-44-29-19-25(9-11-28(29)43-7)32(42)37-20-34(5,6)33-38-30(23-12-14-36-15-13-23)31(39-33)24-8-10-26(35)27(41)18-24;/h8-15,18-19,21-22,41H,16-17,20H2,1-7H3,(H,37,42)(H,38,39);1H. The Balaban J connectivity index is 0.00000552. The van der Waals surface area contributed by atoms with Crippen molar-refractivity contribution in [2.24, 2.45) is 0 Å². The van der Waals surface area contributed by atoms with Gasteiger partial charge in [-0.15, -0.1) is 12.4 Å². The Labute approximate surface area is 276 Å². The number of methoxy groups -OCH3 is 1. The Morgan fingerprint density at radius 2 is 1.71 bits per heavy atom. The van der Waals surface area contributed by atoms with Crippen LogP contribution >= 0.6 is 24.0 Å². The number of ether oxygens (including phenoxy) is 2. The molecule has 0 saturated heterocycles. The molecule has 0 aliphatic heterocycles. The fourth-order valence-electron chi connectivity index (χ4n) is 5.08. The van der Waals surface area contributed by atoms with Gasteiger partial charge in [0, 0.05) is 59.7 Å². The van der Waals surface area contributed by atoms with Crippen molar-refractivity contribution in [1.82, 2.24) is 25.2 Å². The van der Waals surface area contributed by atoms with Crippen molar-refractivity contribution in [1.29, 1.82) is 0 Å². The molecule has 0 unspecified atom stereocenters. The number of imidazole rings is 1. The third-order valence-corrected chi connectivity index (χ3v) is 7.90. The molecule has 0 aliphatic carbocycles. The fraction of sp³-hybridized carbons (Fsp3) is 0.382. The highest BCUT2D eigenvalue weighted by Gasteiger charge is 2.28. The molecule has 3 N–H and O–H groups in total. The Morgan fingerprint density at radius 1 is 1.02 bits per heavy atom. The first-order chi connectivity index (χ1) is 20.9. The van der Waals surface area contributed by atoms with Gasteiger partial charge < -0.3 is 24.9 Å². The smallest absolute Gasteiger partial charge is 0.251 e. The average Bonchev–Trinajstić information content (AvgIpc) is 3.46. The van der Waals surface area contributed by atoms with Crippen molar-refractivity contribution < 1.29 is 19.4 Å². The molecular formula is C34H43Cl2N5O4. The molecule has 4 rings (SSSR count). The molecule has 0 bridgehead atoms. The lowest BCUT2D eigenvalue weighted by molar-refractivity contribution is 0.0944. The Bertz CT molecular complexity index is 1570. The predicted molar refractivity (Wildman–Crippen MR) is 182 cm³/mol. The van der Waals surface area contributed by atoms with Crippen molar-refractivity contribution >= 4 is 29.9 Å². The zero-order valence-electron chi connectivity index (χ0n) is 26.8. The maximum absolute atomic E-state index is 13.3. The summed E-state index contributed by atoms with van der Waals surface area (Å²) in [6, 6.07) is 14.8. The molecule has 45 heavy (non-hydrogen) atoms. The van der Waals surface area contributed by atoms with E-state index >= 15 is 0 Å². The number of carbonyl (C=O) groups is 1. The molecule has 0 aliphatic rings. The minimum atomic E-state index is -0.576. The molecule has 0 spiro atoms. The zero-order chi connectivity index (χ0) is 32.0. The fourth-order valence-corrected chi connectivity index (χ4v) is 5.20. The van der Waals surface area contributed by atoms with Crippen LogP contribution in [0.4, 0.5) is 0 Å². The summed E-state index contributed by atoms with van der Waals surface area (Å²) in [7, 11) is 1.59. The molecule has 0 saturated carbocycles. The minimum Gasteiger partial charge on any atom is -0.506 e. The van der Waals surface area contributed by atoms with Gasteiger partial charge in [-0.05, 0) is 70.2 Å². The summed E-state index contributed by atoms with van der Waals surface area (Å²) in [5, 5.41) is 13.6. The van der Waals surface area contributed by atoms with Gasteiger partial charge in [-0.2, -0.15) is 0 Å². The van der Waals surface area contributed by atoms with Crippen LogP contribution in [-0.4, -0.2) is 69.8 Å². The van der Waals surface area contributed by atoms with Crippen LogP contribution in [0.1, 0.15) is 57.7 Å². The number of halogens is 2. The number of H-pyrrole nitrogens is 1. The van der Waals surface area contributed by atoms with Gasteiger partial charge in [-0.1, -0.05) is 31.5 Å². The van der Waals surface area contributed by atoms with Crippen LogP contribution < -0.4 is 14.8 Å². The van der Waals surface area contributed by atoms with E-state index in [9.17, 15) is 9.90 Å². The molecule has 0 radical (unpaired) electrons. The summed E-state index contributed by atoms with van der Waals surface area (Å²) in [6.07, 6.45) is 3.42. The summed E-state index contributed by atoms with van der Waals surface area (Å²) >= 11 is 6.07. The number of phenolic OH excluding ortho intramolecular Hbond substituents is 1. The van der Waals surface area contributed by atoms with Crippen LogP contribution in [0.3, 0.4) is 0 Å². The lowest BCUT2D eigenvalue weighted by Crippen LogP contribution is -2.39. The number of phenols is 1. The lowest BCUT2D eigenvalue weighted by Gasteiger charge is -2.30. The SMILES string of the molecule is COc1ccc(C(=O)NCC(C)(C)c2nc(-c3ccc(Cl)c(O)c3)c(-c3ccncc3)[nH]2)cc1OCCN(C(C)C)C(C)C.Cl. The molecule has 11 heteroatoms. The molecule has 9 nitrogen and oxygen atoms in total. The number of pyridine rings is 1. The van der Waals surface area contributed by atoms with E-state index in [2.05, 4.69) is 47.9 Å². The number of aromatic amines is 1. The van der Waals surface area contributed by atoms with Crippen LogP contribution in [-0.2, 0) is 5.41 Å². The van der Waals surface area contributed by atoms with Gasteiger partial charge in [0.05, 0.1) is 23.5 Å². The van der Waals surface area contributed by atoms with Crippen molar-refractivity contribution in [3.8, 4) is 39.8 Å². The first-order valence-corrected chi connectivity index (χ1v) is 15.1. The van der Waals surface area contributed by atoms with Gasteiger partial charge >= 0.3 is 0 Å². The normalized spacial score (nSPS) is 11.5. The van der Waals surface area contributed by atoms with Crippen LogP contribution in [0.2, 0.25) is 5.02 Å². The van der Waals surface area contributed by atoms with Crippen LogP contribution in [0, 0.1) is 0 Å². The van der Waals surface area contributed by atoms with Gasteiger partial charge in [-0.3, -0.25) is 14.7 Å². The largest absolute Gasteiger partial charge is 0.506 e. The second-order valence-electron chi connectivity index (χ2n) is 11.9. The van der Waals surface area contributed by atoms with Gasteiger partial charge in [-0.25, -0.2) is 4.98 Å². The monoisotopic (exact) mass is 655 g/mol. The molecule has 0 fully saturated rings. The maximum Gasteiger partial charge on any atom is 0.251 e. The van der Waals surface area contributed by atoms with E-state index in [4.69, 9.17) is 26.1 Å². The van der Waals surface area contributed by atoms with Crippen LogP contribution in [0.25, 0.3) is 22.5 Å². The number of nitrogens with one attached hydrogen (secondary N) is 2. The molecule has 4 aromatic rings. The summed E-state index contributed by atoms with van der Waals surface area (Å²) < 4.78 is 11.6. The third kappa shape index (κ3) is 8.69. The Morgan fingerprint density at radius 3 is 2.33 bits per heavy atom. The maximum atomic E-state index is 13.3. The molecule has 242 valence electrons. The second-order valence-corrected chi connectivity index (χ2v) is 12.3. The summed E-state index contributed by atoms with van der Waals surface area (Å²) in [6.45, 7) is 14.2. The highest BCUT2D eigenvalue weighted by atomic mass is 35.5. The van der Waals surface area contributed by atoms with Crippen molar-refractivity contribution in [2.45, 2.75) is 59.0 Å². The Kier molecular flexibility index (Phi) is 12.3. The highest BCUT2D eigenvalue weighted by molar-refractivity contribution is 6.32. The topological polar surface area (TPSA) is 113 Å². The third-order valence-electron chi connectivity index (χ3n) is 7.58. The van der Waals surface area contributed by atoms with Crippen molar-refractivity contribution in [2.75, 3.05) is 26.8 Å². The van der Waals surface area contributed by atoms with Crippen LogP contribution in [0.15, 0.2) is 60.9 Å². The quantitative estimate of drug-likeness (QED) is 0.140. The van der Waals surface area contributed by atoms with Gasteiger partial charge in [0.1, 0.15) is 18.2 Å². The van der Waals surface area contributed by atoms with Gasteiger partial charge in [0.15, 0.2) is 11.5 Å².